The molecule has 0 heterocycles. The molecule has 0 spiro atoms. The zero-order valence-electron chi connectivity index (χ0n) is 11.7. The highest BCUT2D eigenvalue weighted by Crippen LogP contribution is 2.00. The molecule has 0 saturated carbocycles. The van der Waals surface area contributed by atoms with Crippen LogP contribution in [-0.2, 0) is 11.3 Å². The van der Waals surface area contributed by atoms with Crippen LogP contribution in [0.5, 0.6) is 0 Å². The number of benzene rings is 1. The largest absolute Gasteiger partial charge is 0.445 e. The van der Waals surface area contributed by atoms with Gasteiger partial charge >= 0.3 is 6.09 Å². The number of carbonyl (C=O) groups is 1. The Balaban J connectivity index is 1.93. The van der Waals surface area contributed by atoms with Crippen LogP contribution in [0.25, 0.3) is 0 Å². The van der Waals surface area contributed by atoms with Crippen molar-refractivity contribution in [3.63, 3.8) is 0 Å². The Morgan fingerprint density at radius 2 is 1.65 bits per heavy atom. The molecule has 20 heavy (non-hydrogen) atoms. The van der Waals surface area contributed by atoms with Gasteiger partial charge < -0.3 is 26.4 Å². The van der Waals surface area contributed by atoms with Crippen LogP contribution in [0.1, 0.15) is 5.56 Å². The number of nitrogens with two attached hydrogens (primary N) is 1. The van der Waals surface area contributed by atoms with E-state index < -0.39 is 6.09 Å². The molecule has 1 aromatic rings. The van der Waals surface area contributed by atoms with Gasteiger partial charge in [0, 0.05) is 39.3 Å². The van der Waals surface area contributed by atoms with E-state index in [0.29, 0.717) is 26.2 Å². The van der Waals surface area contributed by atoms with Crippen molar-refractivity contribution in [3.8, 4) is 0 Å². The van der Waals surface area contributed by atoms with Crippen molar-refractivity contribution in [1.82, 2.24) is 16.0 Å². The van der Waals surface area contributed by atoms with Crippen LogP contribution in [0, 0.1) is 0 Å². The highest BCUT2D eigenvalue weighted by Gasteiger charge is 2.00. The zero-order valence-corrected chi connectivity index (χ0v) is 11.7. The van der Waals surface area contributed by atoms with E-state index in [9.17, 15) is 4.79 Å². The quantitative estimate of drug-likeness (QED) is 0.455. The summed E-state index contributed by atoms with van der Waals surface area (Å²) < 4.78 is 5.08. The number of hydrogen-bond acceptors (Lipinski definition) is 5. The van der Waals surface area contributed by atoms with Gasteiger partial charge in [0.15, 0.2) is 0 Å². The first-order valence-electron chi connectivity index (χ1n) is 6.89. The molecular formula is C14H24N4O2. The summed E-state index contributed by atoms with van der Waals surface area (Å²) in [5.41, 5.74) is 6.33. The summed E-state index contributed by atoms with van der Waals surface area (Å²) in [4.78, 5) is 11.4. The molecule has 0 aliphatic carbocycles. The summed E-state index contributed by atoms with van der Waals surface area (Å²) in [6, 6.07) is 9.60. The van der Waals surface area contributed by atoms with Gasteiger partial charge in [-0.3, -0.25) is 0 Å². The summed E-state index contributed by atoms with van der Waals surface area (Å²) in [5.74, 6) is 0. The van der Waals surface area contributed by atoms with Crippen LogP contribution in [0.3, 0.4) is 0 Å². The molecule has 5 N–H and O–H groups in total. The van der Waals surface area contributed by atoms with Crippen molar-refractivity contribution in [3.05, 3.63) is 35.9 Å². The van der Waals surface area contributed by atoms with E-state index >= 15 is 0 Å². The lowest BCUT2D eigenvalue weighted by Gasteiger charge is -2.08. The molecule has 6 heteroatoms. The second-order valence-corrected chi connectivity index (χ2v) is 4.28. The van der Waals surface area contributed by atoms with Gasteiger partial charge in [0.1, 0.15) is 6.61 Å². The average Bonchev–Trinajstić information content (AvgIpc) is 2.49. The molecule has 0 aromatic heterocycles. The van der Waals surface area contributed by atoms with Crippen molar-refractivity contribution in [1.29, 1.82) is 0 Å². The normalized spacial score (nSPS) is 10.2. The number of ether oxygens (including phenoxy) is 1. The molecule has 0 fully saturated rings. The van der Waals surface area contributed by atoms with E-state index in [4.69, 9.17) is 10.5 Å². The van der Waals surface area contributed by atoms with E-state index in [1.807, 2.05) is 30.3 Å². The van der Waals surface area contributed by atoms with Crippen molar-refractivity contribution < 1.29 is 9.53 Å². The molecule has 6 nitrogen and oxygen atoms in total. The molecule has 112 valence electrons. The predicted molar refractivity (Wildman–Crippen MR) is 79.4 cm³/mol. The highest BCUT2D eigenvalue weighted by molar-refractivity contribution is 5.67. The fourth-order valence-corrected chi connectivity index (χ4v) is 1.56. The van der Waals surface area contributed by atoms with Crippen LogP contribution >= 0.6 is 0 Å². The van der Waals surface area contributed by atoms with E-state index in [0.717, 1.165) is 25.2 Å². The molecule has 0 saturated heterocycles. The summed E-state index contributed by atoms with van der Waals surface area (Å²) in [5, 5.41) is 9.06. The van der Waals surface area contributed by atoms with Crippen LogP contribution < -0.4 is 21.7 Å². The molecule has 0 aliphatic heterocycles. The van der Waals surface area contributed by atoms with Crippen molar-refractivity contribution in [2.24, 2.45) is 5.73 Å². The third-order valence-electron chi connectivity index (χ3n) is 2.58. The minimum Gasteiger partial charge on any atom is -0.445 e. The SMILES string of the molecule is NCCNCCNCCNC(=O)OCc1ccccc1. The second-order valence-electron chi connectivity index (χ2n) is 4.28. The first kappa shape index (κ1) is 16.4. The maximum Gasteiger partial charge on any atom is 0.407 e. The van der Waals surface area contributed by atoms with Gasteiger partial charge in [-0.15, -0.1) is 0 Å². The van der Waals surface area contributed by atoms with Gasteiger partial charge in [-0.2, -0.15) is 0 Å². The maximum absolute atomic E-state index is 11.4. The summed E-state index contributed by atoms with van der Waals surface area (Å²) in [6.07, 6.45) is -0.392. The monoisotopic (exact) mass is 280 g/mol. The fraction of sp³-hybridized carbons (Fsp3) is 0.500. The Labute approximate surface area is 120 Å². The first-order valence-corrected chi connectivity index (χ1v) is 6.89. The smallest absolute Gasteiger partial charge is 0.407 e. The van der Waals surface area contributed by atoms with E-state index in [2.05, 4.69) is 16.0 Å². The van der Waals surface area contributed by atoms with E-state index in [1.54, 1.807) is 0 Å². The van der Waals surface area contributed by atoms with Gasteiger partial charge in [-0.05, 0) is 5.56 Å². The molecule has 0 radical (unpaired) electrons. The van der Waals surface area contributed by atoms with Crippen LogP contribution in [0.15, 0.2) is 30.3 Å². The molecule has 0 bridgehead atoms. The molecule has 0 unspecified atom stereocenters. The Hall–Kier alpha value is -1.63. The van der Waals surface area contributed by atoms with Crippen molar-refractivity contribution >= 4 is 6.09 Å². The fourth-order valence-electron chi connectivity index (χ4n) is 1.56. The maximum atomic E-state index is 11.4. The third kappa shape index (κ3) is 8.47. The highest BCUT2D eigenvalue weighted by atomic mass is 16.5. The number of hydrogen-bond donors (Lipinski definition) is 4. The number of nitrogens with one attached hydrogen (secondary N) is 3. The summed E-state index contributed by atoms with van der Waals surface area (Å²) in [7, 11) is 0. The minimum absolute atomic E-state index is 0.295. The molecule has 1 aromatic carbocycles. The van der Waals surface area contributed by atoms with Crippen LogP contribution in [-0.4, -0.2) is 45.4 Å². The Morgan fingerprint density at radius 3 is 2.35 bits per heavy atom. The lowest BCUT2D eigenvalue weighted by molar-refractivity contribution is 0.139. The summed E-state index contributed by atoms with van der Waals surface area (Å²) in [6.45, 7) is 4.75. The zero-order chi connectivity index (χ0) is 14.5. The molecule has 0 atom stereocenters. The van der Waals surface area contributed by atoms with Gasteiger partial charge in [-0.1, -0.05) is 30.3 Å². The second kappa shape index (κ2) is 11.2. The molecular weight excluding hydrogens is 256 g/mol. The van der Waals surface area contributed by atoms with Gasteiger partial charge in [0.2, 0.25) is 0 Å². The third-order valence-corrected chi connectivity index (χ3v) is 2.58. The van der Waals surface area contributed by atoms with Gasteiger partial charge in [-0.25, -0.2) is 4.79 Å². The topological polar surface area (TPSA) is 88.4 Å². The molecule has 0 aliphatic rings. The Morgan fingerprint density at radius 1 is 1.00 bits per heavy atom. The van der Waals surface area contributed by atoms with Crippen molar-refractivity contribution in [2.75, 3.05) is 39.3 Å². The predicted octanol–water partition coefficient (Wildman–Crippen LogP) is 0.0507. The average molecular weight is 280 g/mol. The number of alkyl carbamates (subject to hydrolysis) is 1. The Kier molecular flexibility index (Phi) is 9.21. The van der Waals surface area contributed by atoms with Gasteiger partial charge in [0.05, 0.1) is 0 Å². The lowest BCUT2D eigenvalue weighted by atomic mass is 10.2. The first-order chi connectivity index (χ1) is 9.83. The van der Waals surface area contributed by atoms with E-state index in [-0.39, 0.29) is 0 Å². The van der Waals surface area contributed by atoms with Crippen LogP contribution in [0.2, 0.25) is 0 Å². The lowest BCUT2D eigenvalue weighted by Crippen LogP contribution is -2.36. The molecule has 1 amide bonds. The number of rotatable bonds is 10. The van der Waals surface area contributed by atoms with Gasteiger partial charge in [0.25, 0.3) is 0 Å². The van der Waals surface area contributed by atoms with E-state index in [1.165, 1.54) is 0 Å². The molecule has 1 rings (SSSR count). The number of carbonyl (C=O) groups excluding carboxylic acids is 1. The number of amides is 1. The van der Waals surface area contributed by atoms with Crippen LogP contribution in [0.4, 0.5) is 4.79 Å². The minimum atomic E-state index is -0.392. The Bertz CT molecular complexity index is 359. The standard InChI is InChI=1S/C14H24N4O2/c15-6-7-16-8-9-17-10-11-18-14(19)20-12-13-4-2-1-3-5-13/h1-5,16-17H,6-12,15H2,(H,18,19). The summed E-state index contributed by atoms with van der Waals surface area (Å²) >= 11 is 0. The van der Waals surface area contributed by atoms with Crippen molar-refractivity contribution in [2.45, 2.75) is 6.61 Å².